The molecule has 1 aliphatic carbocycles. The molecule has 1 aliphatic rings. The van der Waals surface area contributed by atoms with Crippen molar-refractivity contribution in [2.45, 2.75) is 26.2 Å². The monoisotopic (exact) mass is 462 g/mol. The topological polar surface area (TPSA) is 85.7 Å². The molecule has 0 bridgehead atoms. The van der Waals surface area contributed by atoms with Crippen LogP contribution in [0, 0.1) is 5.92 Å². The maximum absolute atomic E-state index is 13.0. The quantitative estimate of drug-likeness (QED) is 0.489. The van der Waals surface area contributed by atoms with Gasteiger partial charge < -0.3 is 14.4 Å². The molecule has 8 heteroatoms. The molecule has 1 fully saturated rings. The van der Waals surface area contributed by atoms with Gasteiger partial charge in [0.1, 0.15) is 11.5 Å². The predicted molar refractivity (Wildman–Crippen MR) is 130 cm³/mol. The van der Waals surface area contributed by atoms with Crippen molar-refractivity contribution in [2.24, 2.45) is 5.92 Å². The van der Waals surface area contributed by atoms with Crippen molar-refractivity contribution < 1.29 is 19.1 Å². The normalized spacial score (nSPS) is 12.8. The number of hydrogen-bond donors (Lipinski definition) is 1. The van der Waals surface area contributed by atoms with Crippen LogP contribution in [0.3, 0.4) is 0 Å². The van der Waals surface area contributed by atoms with E-state index in [1.807, 2.05) is 66.2 Å². The van der Waals surface area contributed by atoms with Crippen molar-refractivity contribution >= 4 is 17.8 Å². The summed E-state index contributed by atoms with van der Waals surface area (Å²) in [4.78, 5) is 31.7. The Balaban J connectivity index is 1.62. The number of methoxy groups -OCH3 is 2. The molecule has 0 radical (unpaired) electrons. The molecule has 8 nitrogen and oxygen atoms in total. The Labute approximate surface area is 199 Å². The number of hydrogen-bond acceptors (Lipinski definition) is 5. The molecule has 1 aromatic heterocycles. The van der Waals surface area contributed by atoms with Crippen LogP contribution >= 0.6 is 0 Å². The van der Waals surface area contributed by atoms with Crippen molar-refractivity contribution in [1.82, 2.24) is 14.5 Å². The third-order valence-electron chi connectivity index (χ3n) is 5.84. The van der Waals surface area contributed by atoms with E-state index in [0.29, 0.717) is 30.5 Å². The van der Waals surface area contributed by atoms with E-state index in [9.17, 15) is 9.59 Å². The van der Waals surface area contributed by atoms with Crippen LogP contribution in [0.15, 0.2) is 54.7 Å². The average Bonchev–Trinajstić information content (AvgIpc) is 3.60. The molecule has 0 saturated heterocycles. The van der Waals surface area contributed by atoms with Crippen LogP contribution in [-0.2, 0) is 9.59 Å². The Kier molecular flexibility index (Phi) is 7.15. The third-order valence-corrected chi connectivity index (χ3v) is 5.84. The lowest BCUT2D eigenvalue weighted by atomic mass is 10.1. The fourth-order valence-corrected chi connectivity index (χ4v) is 3.76. The predicted octanol–water partition coefficient (Wildman–Crippen LogP) is 4.14. The highest BCUT2D eigenvalue weighted by atomic mass is 16.5. The Morgan fingerprint density at radius 1 is 1.09 bits per heavy atom. The zero-order valence-corrected chi connectivity index (χ0v) is 19.8. The maximum Gasteiger partial charge on any atom is 0.246 e. The zero-order valence-electron chi connectivity index (χ0n) is 19.8. The lowest BCUT2D eigenvalue weighted by Gasteiger charge is -2.21. The van der Waals surface area contributed by atoms with Crippen molar-refractivity contribution in [1.29, 1.82) is 0 Å². The van der Waals surface area contributed by atoms with Crippen LogP contribution in [-0.4, -0.2) is 53.6 Å². The van der Waals surface area contributed by atoms with Gasteiger partial charge in [-0.05, 0) is 55.2 Å². The summed E-state index contributed by atoms with van der Waals surface area (Å²) >= 11 is 0. The average molecular weight is 463 g/mol. The number of nitrogens with one attached hydrogen (secondary N) is 1. The van der Waals surface area contributed by atoms with Gasteiger partial charge >= 0.3 is 0 Å². The Bertz CT molecular complexity index is 1150. The summed E-state index contributed by atoms with van der Waals surface area (Å²) in [5, 5.41) is 2.92. The number of ether oxygens (including phenoxy) is 2. The van der Waals surface area contributed by atoms with Crippen LogP contribution in [0.1, 0.15) is 26.2 Å². The van der Waals surface area contributed by atoms with Gasteiger partial charge in [-0.1, -0.05) is 19.1 Å². The second-order valence-corrected chi connectivity index (χ2v) is 8.37. The first kappa shape index (κ1) is 23.4. The maximum atomic E-state index is 13.0. The van der Waals surface area contributed by atoms with Gasteiger partial charge in [-0.25, -0.2) is 4.98 Å². The molecule has 1 N–H and O–H groups in total. The lowest BCUT2D eigenvalue weighted by molar-refractivity contribution is -0.134. The van der Waals surface area contributed by atoms with Crippen LogP contribution < -0.4 is 14.8 Å². The van der Waals surface area contributed by atoms with Crippen molar-refractivity contribution in [3.63, 3.8) is 0 Å². The van der Waals surface area contributed by atoms with Crippen molar-refractivity contribution in [3.05, 3.63) is 54.7 Å². The number of anilines is 1. The number of carbonyl (C=O) groups excluding carboxylic acids is 2. The molecule has 0 unspecified atom stereocenters. The highest BCUT2D eigenvalue weighted by molar-refractivity contribution is 5.93. The van der Waals surface area contributed by atoms with Gasteiger partial charge in [-0.3, -0.25) is 19.5 Å². The second-order valence-electron chi connectivity index (χ2n) is 8.37. The first-order valence-electron chi connectivity index (χ1n) is 11.5. The summed E-state index contributed by atoms with van der Waals surface area (Å²) in [7, 11) is 3.23. The van der Waals surface area contributed by atoms with Crippen molar-refractivity contribution in [2.75, 3.05) is 32.6 Å². The van der Waals surface area contributed by atoms with E-state index in [2.05, 4.69) is 5.32 Å². The standard InChI is InChI=1S/C26H30N4O4/c1-4-25(32)29(15-18-8-9-18)17-24(31)28-26-27-23(19-6-5-7-22(14-19)34-3)16-30(26)20-10-12-21(33-2)13-11-20/h5-7,10-14,16,18H,4,8-9,15,17H2,1-3H3,(H,27,28,31). The molecule has 178 valence electrons. The number of nitrogens with zero attached hydrogens (tertiary/aromatic N) is 3. The molecule has 3 aromatic rings. The number of rotatable bonds is 10. The van der Waals surface area contributed by atoms with E-state index in [1.54, 1.807) is 19.1 Å². The first-order valence-corrected chi connectivity index (χ1v) is 11.5. The molecule has 2 aromatic carbocycles. The molecule has 1 heterocycles. The van der Waals surface area contributed by atoms with Gasteiger partial charge in [0.25, 0.3) is 0 Å². The molecule has 0 atom stereocenters. The fraction of sp³-hybridized carbons (Fsp3) is 0.346. The third kappa shape index (κ3) is 5.57. The van der Waals surface area contributed by atoms with Gasteiger partial charge in [-0.2, -0.15) is 0 Å². The highest BCUT2D eigenvalue weighted by Gasteiger charge is 2.27. The van der Waals surface area contributed by atoms with Gasteiger partial charge in [0, 0.05) is 30.4 Å². The minimum absolute atomic E-state index is 0.00708. The van der Waals surface area contributed by atoms with E-state index in [4.69, 9.17) is 14.5 Å². The highest BCUT2D eigenvalue weighted by Crippen LogP contribution is 2.30. The molecule has 34 heavy (non-hydrogen) atoms. The molecule has 0 spiro atoms. The molecular weight excluding hydrogens is 432 g/mol. The summed E-state index contributed by atoms with van der Waals surface area (Å²) in [5.74, 6) is 2.04. The molecule has 0 aliphatic heterocycles. The number of benzene rings is 2. The number of imidazole rings is 1. The van der Waals surface area contributed by atoms with Crippen LogP contribution in [0.25, 0.3) is 16.9 Å². The minimum Gasteiger partial charge on any atom is -0.497 e. The molecule has 2 amide bonds. The molecule has 4 rings (SSSR count). The van der Waals surface area contributed by atoms with Gasteiger partial charge in [0.05, 0.1) is 26.5 Å². The molecule has 1 saturated carbocycles. The summed E-state index contributed by atoms with van der Waals surface area (Å²) in [6.45, 7) is 2.45. The van der Waals surface area contributed by atoms with E-state index in [1.165, 1.54) is 0 Å². The van der Waals surface area contributed by atoms with Gasteiger partial charge in [0.2, 0.25) is 17.8 Å². The summed E-state index contributed by atoms with van der Waals surface area (Å²) in [6, 6.07) is 15.1. The first-order chi connectivity index (χ1) is 16.5. The van der Waals surface area contributed by atoms with E-state index >= 15 is 0 Å². The summed E-state index contributed by atoms with van der Waals surface area (Å²) in [6.07, 6.45) is 4.47. The Morgan fingerprint density at radius 3 is 2.47 bits per heavy atom. The lowest BCUT2D eigenvalue weighted by Crippen LogP contribution is -2.39. The minimum atomic E-state index is -0.278. The van der Waals surface area contributed by atoms with Gasteiger partial charge in [0.15, 0.2) is 0 Å². The smallest absolute Gasteiger partial charge is 0.246 e. The zero-order chi connectivity index (χ0) is 24.1. The van der Waals surface area contributed by atoms with E-state index < -0.39 is 0 Å². The van der Waals surface area contributed by atoms with Gasteiger partial charge in [-0.15, -0.1) is 0 Å². The number of aromatic nitrogens is 2. The SMILES string of the molecule is CCC(=O)N(CC(=O)Nc1nc(-c2cccc(OC)c2)cn1-c1ccc(OC)cc1)CC1CC1. The van der Waals surface area contributed by atoms with E-state index in [-0.39, 0.29) is 18.4 Å². The van der Waals surface area contributed by atoms with E-state index in [0.717, 1.165) is 35.6 Å². The van der Waals surface area contributed by atoms with Crippen LogP contribution in [0.2, 0.25) is 0 Å². The summed E-state index contributed by atoms with van der Waals surface area (Å²) in [5.41, 5.74) is 2.36. The fourth-order valence-electron chi connectivity index (χ4n) is 3.76. The van der Waals surface area contributed by atoms with Crippen molar-refractivity contribution in [3.8, 4) is 28.4 Å². The number of carbonyl (C=O) groups is 2. The second kappa shape index (κ2) is 10.4. The van der Waals surface area contributed by atoms with Crippen LogP contribution in [0.4, 0.5) is 5.95 Å². The number of amides is 2. The summed E-state index contributed by atoms with van der Waals surface area (Å²) < 4.78 is 12.4. The molecular formula is C26H30N4O4. The van der Waals surface area contributed by atoms with Crippen LogP contribution in [0.5, 0.6) is 11.5 Å². The Hall–Kier alpha value is -3.81. The largest absolute Gasteiger partial charge is 0.497 e. The Morgan fingerprint density at radius 2 is 1.82 bits per heavy atom.